The van der Waals surface area contributed by atoms with E-state index < -0.39 is 41.0 Å². The molecule has 2 aromatic carbocycles. The molecule has 1 amide bonds. The molecule has 1 heterocycles. The quantitative estimate of drug-likeness (QED) is 0.806. The molecular formula is C22H22F2N2O3. The summed E-state index contributed by atoms with van der Waals surface area (Å²) in [7, 11) is 0. The highest BCUT2D eigenvalue weighted by Crippen LogP contribution is 2.37. The van der Waals surface area contributed by atoms with E-state index in [1.165, 1.54) is 18.7 Å². The number of nitrogens with two attached hydrogens (primary N) is 1. The van der Waals surface area contributed by atoms with Gasteiger partial charge in [-0.1, -0.05) is 36.4 Å². The number of rotatable bonds is 5. The minimum atomic E-state index is -1.49. The lowest BCUT2D eigenvalue weighted by atomic mass is 9.84. The van der Waals surface area contributed by atoms with Gasteiger partial charge in [0.2, 0.25) is 5.91 Å². The van der Waals surface area contributed by atoms with Crippen LogP contribution in [0, 0.1) is 17.0 Å². The van der Waals surface area contributed by atoms with Gasteiger partial charge in [-0.25, -0.2) is 8.78 Å². The van der Waals surface area contributed by atoms with E-state index in [4.69, 9.17) is 5.73 Å². The molecule has 1 aliphatic heterocycles. The van der Waals surface area contributed by atoms with Crippen molar-refractivity contribution in [1.29, 1.82) is 0 Å². The topological polar surface area (TPSA) is 83.6 Å². The number of hydrogen-bond acceptors (Lipinski definition) is 3. The largest absolute Gasteiger partial charge is 0.481 e. The Morgan fingerprint density at radius 3 is 2.45 bits per heavy atom. The van der Waals surface area contributed by atoms with Crippen molar-refractivity contribution in [3.05, 3.63) is 77.4 Å². The van der Waals surface area contributed by atoms with E-state index in [0.717, 1.165) is 23.8 Å². The van der Waals surface area contributed by atoms with E-state index in [9.17, 15) is 23.5 Å². The summed E-state index contributed by atoms with van der Waals surface area (Å²) < 4.78 is 28.0. The number of amides is 1. The Bertz CT molecular complexity index is 973. The van der Waals surface area contributed by atoms with Crippen LogP contribution >= 0.6 is 0 Å². The van der Waals surface area contributed by atoms with Gasteiger partial charge in [0.25, 0.3) is 0 Å². The fourth-order valence-corrected chi connectivity index (χ4v) is 3.30. The van der Waals surface area contributed by atoms with Crippen LogP contribution in [0.25, 0.3) is 5.57 Å². The lowest BCUT2D eigenvalue weighted by Gasteiger charge is -2.33. The molecule has 29 heavy (non-hydrogen) atoms. The van der Waals surface area contributed by atoms with Crippen LogP contribution in [0.15, 0.2) is 54.6 Å². The van der Waals surface area contributed by atoms with E-state index in [-0.39, 0.29) is 12.1 Å². The summed E-state index contributed by atoms with van der Waals surface area (Å²) in [6.45, 7) is 2.75. The summed E-state index contributed by atoms with van der Waals surface area (Å²) in [6.07, 6.45) is 1.69. The molecule has 0 radical (unpaired) electrons. The standard InChI is InChI=1S/C22H22F2N2O3/c1-22(2,21(28)29)19(25)20(27)26-12-14(16-11-15(23)8-9-17(16)24)10-18(26)13-6-4-3-5-7-13/h3-11,18-19H,12,25H2,1-2H3,(H,28,29)/t18-,19+/m0/s1. The van der Waals surface area contributed by atoms with Gasteiger partial charge in [0, 0.05) is 12.1 Å². The normalized spacial score (nSPS) is 17.8. The van der Waals surface area contributed by atoms with Gasteiger partial charge < -0.3 is 15.7 Å². The maximum absolute atomic E-state index is 14.3. The van der Waals surface area contributed by atoms with Crippen molar-refractivity contribution in [2.45, 2.75) is 25.9 Å². The second-order valence-electron chi connectivity index (χ2n) is 7.64. The van der Waals surface area contributed by atoms with Crippen molar-refractivity contribution in [1.82, 2.24) is 4.90 Å². The number of aliphatic carboxylic acids is 1. The van der Waals surface area contributed by atoms with Crippen molar-refractivity contribution < 1.29 is 23.5 Å². The van der Waals surface area contributed by atoms with Crippen LogP contribution < -0.4 is 5.73 Å². The third-order valence-electron chi connectivity index (χ3n) is 5.33. The Labute approximate surface area is 167 Å². The molecule has 0 bridgehead atoms. The van der Waals surface area contributed by atoms with Crippen LogP contribution in [-0.2, 0) is 9.59 Å². The molecule has 0 unspecified atom stereocenters. The highest BCUT2D eigenvalue weighted by Gasteiger charge is 2.43. The van der Waals surface area contributed by atoms with E-state index in [0.29, 0.717) is 5.57 Å². The lowest BCUT2D eigenvalue weighted by molar-refractivity contribution is -0.153. The molecule has 2 aromatic rings. The molecule has 0 aromatic heterocycles. The van der Waals surface area contributed by atoms with Crippen LogP contribution in [0.5, 0.6) is 0 Å². The Hall–Kier alpha value is -3.06. The molecule has 0 fully saturated rings. The minimum absolute atomic E-state index is 0.0117. The SMILES string of the molecule is CC(C)(C(=O)O)[C@H](N)C(=O)N1CC(c2cc(F)ccc2F)=C[C@H]1c1ccccc1. The number of nitrogens with zero attached hydrogens (tertiary/aromatic N) is 1. The predicted octanol–water partition coefficient (Wildman–Crippen LogP) is 3.37. The summed E-state index contributed by atoms with van der Waals surface area (Å²) in [4.78, 5) is 26.1. The van der Waals surface area contributed by atoms with Gasteiger partial charge in [0.05, 0.1) is 11.5 Å². The molecule has 152 valence electrons. The van der Waals surface area contributed by atoms with Gasteiger partial charge in [0.15, 0.2) is 0 Å². The van der Waals surface area contributed by atoms with Crippen molar-refractivity contribution >= 4 is 17.4 Å². The van der Waals surface area contributed by atoms with Crippen molar-refractivity contribution in [2.75, 3.05) is 6.54 Å². The summed E-state index contributed by atoms with van der Waals surface area (Å²) >= 11 is 0. The van der Waals surface area contributed by atoms with Crippen LogP contribution in [0.1, 0.15) is 31.0 Å². The van der Waals surface area contributed by atoms with Gasteiger partial charge in [-0.15, -0.1) is 0 Å². The molecule has 2 atom stereocenters. The van der Waals surface area contributed by atoms with Crippen LogP contribution in [0.3, 0.4) is 0 Å². The smallest absolute Gasteiger partial charge is 0.311 e. The zero-order valence-electron chi connectivity index (χ0n) is 16.1. The molecule has 1 aliphatic rings. The van der Waals surface area contributed by atoms with Crippen LogP contribution in [0.2, 0.25) is 0 Å². The highest BCUT2D eigenvalue weighted by molar-refractivity contribution is 5.92. The lowest BCUT2D eigenvalue weighted by Crippen LogP contribution is -2.54. The first-order valence-corrected chi connectivity index (χ1v) is 9.13. The van der Waals surface area contributed by atoms with Gasteiger partial charge in [-0.2, -0.15) is 0 Å². The number of carbonyl (C=O) groups is 2. The Morgan fingerprint density at radius 1 is 1.17 bits per heavy atom. The van der Waals surface area contributed by atoms with Gasteiger partial charge >= 0.3 is 5.97 Å². The minimum Gasteiger partial charge on any atom is -0.481 e. The predicted molar refractivity (Wildman–Crippen MR) is 105 cm³/mol. The highest BCUT2D eigenvalue weighted by atomic mass is 19.1. The molecule has 3 rings (SSSR count). The first-order chi connectivity index (χ1) is 13.6. The average molecular weight is 400 g/mol. The first kappa shape index (κ1) is 20.7. The summed E-state index contributed by atoms with van der Waals surface area (Å²) in [5.41, 5.74) is 5.78. The fraction of sp³-hybridized carbons (Fsp3) is 0.273. The Morgan fingerprint density at radius 2 is 1.83 bits per heavy atom. The summed E-state index contributed by atoms with van der Waals surface area (Å²) in [6, 6.07) is 10.3. The number of carboxylic acids is 1. The summed E-state index contributed by atoms with van der Waals surface area (Å²) in [5, 5.41) is 9.43. The number of hydrogen-bond donors (Lipinski definition) is 2. The second-order valence-corrected chi connectivity index (χ2v) is 7.64. The fourth-order valence-electron chi connectivity index (χ4n) is 3.30. The first-order valence-electron chi connectivity index (χ1n) is 9.13. The van der Waals surface area contributed by atoms with Crippen LogP contribution in [0.4, 0.5) is 8.78 Å². The van der Waals surface area contributed by atoms with Crippen molar-refractivity contribution in [2.24, 2.45) is 11.1 Å². The Kier molecular flexibility index (Phi) is 5.53. The maximum atomic E-state index is 14.3. The molecule has 0 saturated heterocycles. The van der Waals surface area contributed by atoms with Gasteiger partial charge in [-0.3, -0.25) is 9.59 Å². The zero-order valence-corrected chi connectivity index (χ0v) is 16.1. The number of carbonyl (C=O) groups excluding carboxylic acids is 1. The third kappa shape index (κ3) is 3.91. The van der Waals surface area contributed by atoms with E-state index in [1.807, 2.05) is 6.07 Å². The molecule has 0 spiro atoms. The van der Waals surface area contributed by atoms with E-state index in [2.05, 4.69) is 0 Å². The molecule has 5 nitrogen and oxygen atoms in total. The van der Waals surface area contributed by atoms with Crippen molar-refractivity contribution in [3.8, 4) is 0 Å². The number of benzene rings is 2. The molecule has 3 N–H and O–H groups in total. The summed E-state index contributed by atoms with van der Waals surface area (Å²) in [5.74, 6) is -2.96. The number of carboxylic acid groups (broad SMARTS) is 1. The molecule has 7 heteroatoms. The molecule has 0 saturated carbocycles. The maximum Gasteiger partial charge on any atom is 0.311 e. The Balaban J connectivity index is 2.02. The zero-order chi connectivity index (χ0) is 21.3. The van der Waals surface area contributed by atoms with Crippen molar-refractivity contribution in [3.63, 3.8) is 0 Å². The second kappa shape index (κ2) is 7.75. The van der Waals surface area contributed by atoms with E-state index >= 15 is 0 Å². The van der Waals surface area contributed by atoms with Gasteiger partial charge in [0.1, 0.15) is 17.7 Å². The number of halogens is 2. The van der Waals surface area contributed by atoms with E-state index in [1.54, 1.807) is 30.3 Å². The van der Waals surface area contributed by atoms with Gasteiger partial charge in [-0.05, 0) is 43.2 Å². The third-order valence-corrected chi connectivity index (χ3v) is 5.33. The monoisotopic (exact) mass is 400 g/mol. The molecule has 0 aliphatic carbocycles. The molecular weight excluding hydrogens is 378 g/mol. The van der Waals surface area contributed by atoms with Crippen LogP contribution in [-0.4, -0.2) is 34.5 Å². The average Bonchev–Trinajstić information content (AvgIpc) is 3.14.